The largest absolute Gasteiger partial charge is 0.504 e. The first-order valence-electron chi connectivity index (χ1n) is 6.96. The molecule has 1 aromatic heterocycles. The first-order chi connectivity index (χ1) is 11.2. The van der Waals surface area contributed by atoms with Gasteiger partial charge in [0.05, 0.1) is 5.71 Å². The lowest BCUT2D eigenvalue weighted by Crippen LogP contribution is -2.13. The third-order valence-electron chi connectivity index (χ3n) is 3.51. The Morgan fingerprint density at radius 2 is 1.74 bits per heavy atom. The molecule has 23 heavy (non-hydrogen) atoms. The Balaban J connectivity index is 1.80. The zero-order valence-electron chi connectivity index (χ0n) is 11.9. The van der Waals surface area contributed by atoms with E-state index in [2.05, 4.69) is 15.3 Å². The summed E-state index contributed by atoms with van der Waals surface area (Å²) in [5.74, 6) is 0.992. The summed E-state index contributed by atoms with van der Waals surface area (Å²) < 4.78 is 1.71. The summed E-state index contributed by atoms with van der Waals surface area (Å²) >= 11 is 1.53. The highest BCUT2D eigenvalue weighted by Crippen LogP contribution is 2.30. The molecule has 0 amide bonds. The van der Waals surface area contributed by atoms with Crippen LogP contribution in [0.4, 0.5) is 0 Å². The quantitative estimate of drug-likeness (QED) is 0.708. The molecule has 0 aliphatic carbocycles. The average Bonchev–Trinajstić information content (AvgIpc) is 3.01. The molecule has 1 aliphatic heterocycles. The topological polar surface area (TPSA) is 83.5 Å². The van der Waals surface area contributed by atoms with Gasteiger partial charge in [-0.1, -0.05) is 42.1 Å². The third kappa shape index (κ3) is 2.44. The van der Waals surface area contributed by atoms with E-state index >= 15 is 0 Å². The lowest BCUT2D eigenvalue weighted by molar-refractivity contribution is 0.403. The van der Waals surface area contributed by atoms with Crippen LogP contribution in [0.3, 0.4) is 0 Å². The minimum Gasteiger partial charge on any atom is -0.504 e. The zero-order chi connectivity index (χ0) is 15.8. The second kappa shape index (κ2) is 5.44. The van der Waals surface area contributed by atoms with Crippen molar-refractivity contribution in [1.29, 1.82) is 0 Å². The van der Waals surface area contributed by atoms with Crippen molar-refractivity contribution in [3.8, 4) is 22.9 Å². The number of benzene rings is 2. The molecule has 3 aromatic rings. The lowest BCUT2D eigenvalue weighted by atomic mass is 10.1. The highest BCUT2D eigenvalue weighted by molar-refractivity contribution is 7.99. The number of rotatable bonds is 2. The molecule has 0 fully saturated rings. The number of phenols is 2. The van der Waals surface area contributed by atoms with Crippen LogP contribution in [0.1, 0.15) is 5.56 Å². The molecule has 0 unspecified atom stereocenters. The van der Waals surface area contributed by atoms with E-state index in [4.69, 9.17) is 0 Å². The van der Waals surface area contributed by atoms with Crippen LogP contribution in [0.5, 0.6) is 11.5 Å². The highest BCUT2D eigenvalue weighted by Gasteiger charge is 2.21. The molecule has 0 saturated carbocycles. The molecule has 2 N–H and O–H groups in total. The van der Waals surface area contributed by atoms with Crippen LogP contribution < -0.4 is 0 Å². The van der Waals surface area contributed by atoms with Crippen LogP contribution >= 0.6 is 11.8 Å². The molecule has 0 bridgehead atoms. The molecule has 2 heterocycles. The van der Waals surface area contributed by atoms with E-state index in [0.29, 0.717) is 11.6 Å². The first kappa shape index (κ1) is 13.8. The molecule has 0 saturated heterocycles. The van der Waals surface area contributed by atoms with Gasteiger partial charge in [-0.05, 0) is 18.2 Å². The monoisotopic (exact) mass is 324 g/mol. The number of hydrogen-bond donors (Lipinski definition) is 2. The van der Waals surface area contributed by atoms with Crippen LogP contribution in [0.2, 0.25) is 0 Å². The smallest absolute Gasteiger partial charge is 0.212 e. The van der Waals surface area contributed by atoms with Gasteiger partial charge in [0.2, 0.25) is 5.16 Å². The highest BCUT2D eigenvalue weighted by atomic mass is 32.2. The predicted octanol–water partition coefficient (Wildman–Crippen LogP) is 2.71. The molecule has 0 spiro atoms. The minimum absolute atomic E-state index is 0.146. The SMILES string of the molecule is Oc1ccc(C2=Nn3c(nnc3-c3ccccc3)SC2)cc1O. The number of hydrogen-bond acceptors (Lipinski definition) is 6. The van der Waals surface area contributed by atoms with Gasteiger partial charge in [0.15, 0.2) is 17.3 Å². The van der Waals surface area contributed by atoms with Gasteiger partial charge >= 0.3 is 0 Å². The molecule has 114 valence electrons. The molecular weight excluding hydrogens is 312 g/mol. The number of fused-ring (bicyclic) bond motifs is 1. The third-order valence-corrected chi connectivity index (χ3v) is 4.44. The zero-order valence-corrected chi connectivity index (χ0v) is 12.7. The van der Waals surface area contributed by atoms with Gasteiger partial charge in [0, 0.05) is 16.9 Å². The molecule has 0 radical (unpaired) electrons. The summed E-state index contributed by atoms with van der Waals surface area (Å²) in [5, 5.41) is 32.9. The summed E-state index contributed by atoms with van der Waals surface area (Å²) in [7, 11) is 0. The van der Waals surface area contributed by atoms with E-state index in [9.17, 15) is 10.2 Å². The number of aromatic hydroxyl groups is 2. The fourth-order valence-electron chi connectivity index (χ4n) is 2.34. The Morgan fingerprint density at radius 3 is 2.52 bits per heavy atom. The molecular formula is C16H12N4O2S. The van der Waals surface area contributed by atoms with Crippen molar-refractivity contribution in [2.75, 3.05) is 5.75 Å². The standard InChI is InChI=1S/C16H12N4O2S/c21-13-7-6-11(8-14(13)22)12-9-23-16-18-17-15(20(16)19-12)10-4-2-1-3-5-10/h1-8,21-22H,9H2. The molecule has 6 nitrogen and oxygen atoms in total. The van der Waals surface area contributed by atoms with Crippen LogP contribution in [0, 0.1) is 0 Å². The van der Waals surface area contributed by atoms with Crippen molar-refractivity contribution in [3.63, 3.8) is 0 Å². The Hall–Kier alpha value is -2.80. The average molecular weight is 324 g/mol. The predicted molar refractivity (Wildman–Crippen MR) is 87.9 cm³/mol. The summed E-state index contributed by atoms with van der Waals surface area (Å²) in [5.41, 5.74) is 2.48. The number of thioether (sulfide) groups is 1. The van der Waals surface area contributed by atoms with Crippen LogP contribution in [-0.2, 0) is 0 Å². The van der Waals surface area contributed by atoms with Gasteiger partial charge in [0.25, 0.3) is 0 Å². The molecule has 0 atom stereocenters. The number of aromatic nitrogens is 3. The maximum absolute atomic E-state index is 9.68. The molecule has 2 aromatic carbocycles. The Kier molecular flexibility index (Phi) is 3.27. The van der Waals surface area contributed by atoms with Gasteiger partial charge in [0.1, 0.15) is 0 Å². The van der Waals surface area contributed by atoms with Crippen molar-refractivity contribution in [1.82, 2.24) is 14.9 Å². The first-order valence-corrected chi connectivity index (χ1v) is 7.95. The summed E-state index contributed by atoms with van der Waals surface area (Å²) in [6, 6.07) is 14.4. The van der Waals surface area contributed by atoms with Gasteiger partial charge in [-0.3, -0.25) is 0 Å². The summed E-state index contributed by atoms with van der Waals surface area (Å²) in [6.45, 7) is 0. The molecule has 4 rings (SSSR count). The van der Waals surface area contributed by atoms with Crippen molar-refractivity contribution < 1.29 is 10.2 Å². The van der Waals surface area contributed by atoms with Crippen LogP contribution in [0.25, 0.3) is 11.4 Å². The van der Waals surface area contributed by atoms with Crippen LogP contribution in [0.15, 0.2) is 58.8 Å². The van der Waals surface area contributed by atoms with Gasteiger partial charge < -0.3 is 10.2 Å². The number of nitrogens with zero attached hydrogens (tertiary/aromatic N) is 4. The van der Waals surface area contributed by atoms with E-state index in [0.717, 1.165) is 22.0 Å². The lowest BCUT2D eigenvalue weighted by Gasteiger charge is -2.14. The molecule has 7 heteroatoms. The van der Waals surface area contributed by atoms with Crippen molar-refractivity contribution >= 4 is 17.5 Å². The van der Waals surface area contributed by atoms with Crippen molar-refractivity contribution in [2.24, 2.45) is 5.10 Å². The fraction of sp³-hybridized carbons (Fsp3) is 0.0625. The number of phenolic OH excluding ortho intramolecular Hbond substituents is 2. The van der Waals surface area contributed by atoms with Gasteiger partial charge in [-0.15, -0.1) is 10.2 Å². The Labute approximate surface area is 136 Å². The van der Waals surface area contributed by atoms with E-state index in [-0.39, 0.29) is 11.5 Å². The van der Waals surface area contributed by atoms with E-state index in [1.807, 2.05) is 30.3 Å². The maximum Gasteiger partial charge on any atom is 0.212 e. The Morgan fingerprint density at radius 1 is 0.913 bits per heavy atom. The minimum atomic E-state index is -0.159. The maximum atomic E-state index is 9.68. The van der Waals surface area contributed by atoms with Crippen molar-refractivity contribution in [2.45, 2.75) is 5.16 Å². The molecule has 1 aliphatic rings. The van der Waals surface area contributed by atoms with E-state index in [1.165, 1.54) is 23.9 Å². The van der Waals surface area contributed by atoms with E-state index < -0.39 is 0 Å². The second-order valence-corrected chi connectivity index (χ2v) is 5.97. The van der Waals surface area contributed by atoms with Gasteiger partial charge in [-0.25, -0.2) is 0 Å². The summed E-state index contributed by atoms with van der Waals surface area (Å²) in [4.78, 5) is 0. The second-order valence-electron chi connectivity index (χ2n) is 5.02. The summed E-state index contributed by atoms with van der Waals surface area (Å²) in [6.07, 6.45) is 0. The van der Waals surface area contributed by atoms with Crippen molar-refractivity contribution in [3.05, 3.63) is 54.1 Å². The normalized spacial score (nSPS) is 13.5. The van der Waals surface area contributed by atoms with Gasteiger partial charge in [-0.2, -0.15) is 9.78 Å². The van der Waals surface area contributed by atoms with E-state index in [1.54, 1.807) is 10.7 Å². The fourth-order valence-corrected chi connectivity index (χ4v) is 3.18. The van der Waals surface area contributed by atoms with Crippen LogP contribution in [-0.4, -0.2) is 36.6 Å². The Bertz CT molecular complexity index is 906.